The molecular weight excluding hydrogens is 260 g/mol. The highest BCUT2D eigenvalue weighted by Crippen LogP contribution is 2.27. The Bertz CT molecular complexity index is 553. The van der Waals surface area contributed by atoms with Crippen LogP contribution in [0, 0.1) is 5.92 Å². The Kier molecular flexibility index (Phi) is 4.74. The minimum atomic E-state index is -0.715. The molecule has 0 aliphatic carbocycles. The van der Waals surface area contributed by atoms with Crippen LogP contribution in [-0.4, -0.2) is 22.0 Å². The lowest BCUT2D eigenvalue weighted by Gasteiger charge is -2.10. The van der Waals surface area contributed by atoms with Crippen LogP contribution >= 0.6 is 11.5 Å². The number of nitrogens with zero attached hydrogens (tertiary/aromatic N) is 1. The molecule has 0 aliphatic rings. The molecule has 1 aromatic carbocycles. The molecule has 0 bridgehead atoms. The number of hydrogen-bond acceptors (Lipinski definition) is 4. The number of carbonyl (C=O) groups is 1. The summed E-state index contributed by atoms with van der Waals surface area (Å²) >= 11 is 1.48. The van der Waals surface area contributed by atoms with Crippen molar-refractivity contribution < 1.29 is 9.90 Å². The van der Waals surface area contributed by atoms with Crippen molar-refractivity contribution in [3.8, 4) is 0 Å². The van der Waals surface area contributed by atoms with Crippen molar-refractivity contribution in [3.05, 3.63) is 24.3 Å². The van der Waals surface area contributed by atoms with Gasteiger partial charge in [0.1, 0.15) is 5.00 Å². The first-order valence-electron chi connectivity index (χ1n) is 6.47. The molecule has 0 fully saturated rings. The van der Waals surface area contributed by atoms with E-state index < -0.39 is 5.97 Å². The minimum absolute atomic E-state index is 0.255. The van der Waals surface area contributed by atoms with E-state index in [0.717, 1.165) is 35.3 Å². The maximum atomic E-state index is 10.5. The molecule has 0 saturated carbocycles. The minimum Gasteiger partial charge on any atom is -0.481 e. The highest BCUT2D eigenvalue weighted by atomic mass is 32.1. The normalized spacial score (nSPS) is 12.5. The number of rotatable bonds is 7. The molecular formula is C14H18N2O2S. The van der Waals surface area contributed by atoms with Crippen molar-refractivity contribution in [3.63, 3.8) is 0 Å². The Morgan fingerprint density at radius 1 is 1.42 bits per heavy atom. The predicted octanol–water partition coefficient (Wildman–Crippen LogP) is 3.60. The number of hydrogen-bond donors (Lipinski definition) is 2. The van der Waals surface area contributed by atoms with Gasteiger partial charge < -0.3 is 10.4 Å². The number of fused-ring (bicyclic) bond motifs is 1. The van der Waals surface area contributed by atoms with E-state index in [-0.39, 0.29) is 6.42 Å². The second kappa shape index (κ2) is 6.52. The number of nitrogens with one attached hydrogen (secondary N) is 1. The quantitative estimate of drug-likeness (QED) is 0.812. The zero-order chi connectivity index (χ0) is 13.7. The fourth-order valence-electron chi connectivity index (χ4n) is 1.96. The summed E-state index contributed by atoms with van der Waals surface area (Å²) in [6, 6.07) is 8.07. The average molecular weight is 278 g/mol. The molecule has 5 heteroatoms. The molecule has 0 spiro atoms. The van der Waals surface area contributed by atoms with E-state index in [2.05, 4.69) is 22.7 Å². The van der Waals surface area contributed by atoms with Crippen molar-refractivity contribution in [2.75, 3.05) is 11.9 Å². The molecule has 102 valence electrons. The molecule has 0 radical (unpaired) electrons. The van der Waals surface area contributed by atoms with Crippen LogP contribution in [0.5, 0.6) is 0 Å². The van der Waals surface area contributed by atoms with Gasteiger partial charge in [0, 0.05) is 18.4 Å². The molecule has 0 saturated heterocycles. The van der Waals surface area contributed by atoms with E-state index in [1.165, 1.54) is 11.5 Å². The summed E-state index contributed by atoms with van der Waals surface area (Å²) in [5.41, 5.74) is 1.02. The van der Waals surface area contributed by atoms with Gasteiger partial charge in [-0.2, -0.15) is 4.37 Å². The number of carboxylic acid groups (broad SMARTS) is 1. The monoisotopic (exact) mass is 278 g/mol. The number of aliphatic carboxylic acids is 1. The molecule has 2 aromatic rings. The van der Waals surface area contributed by atoms with Crippen molar-refractivity contribution in [1.29, 1.82) is 0 Å². The Hall–Kier alpha value is -1.62. The van der Waals surface area contributed by atoms with Crippen molar-refractivity contribution in [2.24, 2.45) is 5.92 Å². The van der Waals surface area contributed by atoms with Crippen molar-refractivity contribution >= 4 is 33.4 Å². The van der Waals surface area contributed by atoms with Crippen LogP contribution in [0.15, 0.2) is 24.3 Å². The smallest absolute Gasteiger partial charge is 0.303 e. The average Bonchev–Trinajstić information content (AvgIpc) is 2.80. The Balaban J connectivity index is 1.81. The predicted molar refractivity (Wildman–Crippen MR) is 78.8 cm³/mol. The molecule has 1 aromatic heterocycles. The molecule has 0 aliphatic heterocycles. The van der Waals surface area contributed by atoms with Crippen LogP contribution in [0.4, 0.5) is 5.00 Å². The number of aromatic nitrogens is 1. The van der Waals surface area contributed by atoms with Crippen molar-refractivity contribution in [1.82, 2.24) is 4.37 Å². The van der Waals surface area contributed by atoms with Gasteiger partial charge in [0.05, 0.1) is 5.52 Å². The summed E-state index contributed by atoms with van der Waals surface area (Å²) in [5, 5.41) is 14.3. The first-order valence-corrected chi connectivity index (χ1v) is 7.24. The highest BCUT2D eigenvalue weighted by molar-refractivity contribution is 7.11. The third-order valence-corrected chi connectivity index (χ3v) is 3.99. The van der Waals surface area contributed by atoms with Crippen LogP contribution < -0.4 is 5.32 Å². The summed E-state index contributed by atoms with van der Waals surface area (Å²) in [6.45, 7) is 2.95. The Morgan fingerprint density at radius 3 is 3.00 bits per heavy atom. The van der Waals surface area contributed by atoms with Gasteiger partial charge in [-0.05, 0) is 42.4 Å². The van der Waals surface area contributed by atoms with Crippen molar-refractivity contribution in [2.45, 2.75) is 26.2 Å². The fourth-order valence-corrected chi connectivity index (χ4v) is 2.75. The maximum absolute atomic E-state index is 10.5. The lowest BCUT2D eigenvalue weighted by Crippen LogP contribution is -2.07. The van der Waals surface area contributed by atoms with Crippen LogP contribution in [0.2, 0.25) is 0 Å². The molecule has 1 heterocycles. The van der Waals surface area contributed by atoms with Gasteiger partial charge in [-0.1, -0.05) is 19.1 Å². The fraction of sp³-hybridized carbons (Fsp3) is 0.429. The molecule has 2 rings (SSSR count). The van der Waals surface area contributed by atoms with Gasteiger partial charge in [-0.25, -0.2) is 0 Å². The number of carboxylic acids is 1. The first-order chi connectivity index (χ1) is 9.16. The third kappa shape index (κ3) is 3.92. The standard InChI is InChI=1S/C14H18N2O2S/c1-10(6-7-13(17)18)8-9-15-14-11-4-2-3-5-12(11)16-19-14/h2-5,10,15H,6-9H2,1H3,(H,17,18). The van der Waals surface area contributed by atoms with Gasteiger partial charge in [0.25, 0.3) is 0 Å². The molecule has 4 nitrogen and oxygen atoms in total. The van der Waals surface area contributed by atoms with E-state index in [9.17, 15) is 4.79 Å². The van der Waals surface area contributed by atoms with Crippen LogP contribution in [0.1, 0.15) is 26.2 Å². The lowest BCUT2D eigenvalue weighted by molar-refractivity contribution is -0.137. The van der Waals surface area contributed by atoms with Gasteiger partial charge >= 0.3 is 5.97 Å². The zero-order valence-corrected chi connectivity index (χ0v) is 11.7. The summed E-state index contributed by atoms with van der Waals surface area (Å²) in [4.78, 5) is 10.5. The second-order valence-corrected chi connectivity index (χ2v) is 5.56. The summed E-state index contributed by atoms with van der Waals surface area (Å²) in [7, 11) is 0. The molecule has 0 amide bonds. The highest BCUT2D eigenvalue weighted by Gasteiger charge is 2.07. The second-order valence-electron chi connectivity index (χ2n) is 4.78. The third-order valence-electron chi connectivity index (χ3n) is 3.16. The molecule has 1 atom stereocenters. The van der Waals surface area contributed by atoms with Crippen LogP contribution in [-0.2, 0) is 4.79 Å². The summed E-state index contributed by atoms with van der Waals surface area (Å²) < 4.78 is 4.38. The zero-order valence-electron chi connectivity index (χ0n) is 10.9. The van der Waals surface area contributed by atoms with E-state index in [0.29, 0.717) is 5.92 Å². The maximum Gasteiger partial charge on any atom is 0.303 e. The molecule has 19 heavy (non-hydrogen) atoms. The SMILES string of the molecule is CC(CCNc1snc2ccccc12)CCC(=O)O. The van der Waals surface area contributed by atoms with Gasteiger partial charge in [0.2, 0.25) is 0 Å². The van der Waals surface area contributed by atoms with Crippen LogP contribution in [0.3, 0.4) is 0 Å². The van der Waals surface area contributed by atoms with E-state index in [4.69, 9.17) is 5.11 Å². The Labute approximate surface area is 116 Å². The molecule has 2 N–H and O–H groups in total. The van der Waals surface area contributed by atoms with E-state index in [1.807, 2.05) is 18.2 Å². The van der Waals surface area contributed by atoms with Gasteiger partial charge in [0.15, 0.2) is 0 Å². The van der Waals surface area contributed by atoms with Gasteiger partial charge in [-0.3, -0.25) is 4.79 Å². The van der Waals surface area contributed by atoms with Crippen LogP contribution in [0.25, 0.3) is 10.9 Å². The Morgan fingerprint density at radius 2 is 2.21 bits per heavy atom. The largest absolute Gasteiger partial charge is 0.481 e. The lowest BCUT2D eigenvalue weighted by atomic mass is 10.0. The van der Waals surface area contributed by atoms with E-state index >= 15 is 0 Å². The summed E-state index contributed by atoms with van der Waals surface area (Å²) in [5.74, 6) is -0.295. The summed E-state index contributed by atoms with van der Waals surface area (Å²) in [6.07, 6.45) is 1.96. The van der Waals surface area contributed by atoms with Gasteiger partial charge in [-0.15, -0.1) is 0 Å². The number of benzene rings is 1. The molecule has 1 unspecified atom stereocenters. The first kappa shape index (κ1) is 13.8. The van der Waals surface area contributed by atoms with E-state index in [1.54, 1.807) is 0 Å². The number of anilines is 1. The topological polar surface area (TPSA) is 62.2 Å².